The average Bonchev–Trinajstić information content (AvgIpc) is 3.03. The molecule has 0 atom stereocenters. The second-order valence-electron chi connectivity index (χ2n) is 6.48. The third-order valence-electron chi connectivity index (χ3n) is 3.08. The Morgan fingerprint density at radius 1 is 1.38 bits per heavy atom. The van der Waals surface area contributed by atoms with Gasteiger partial charge in [-0.15, -0.1) is 11.3 Å². The summed E-state index contributed by atoms with van der Waals surface area (Å²) in [6.45, 7) is 5.37. The number of esters is 1. The number of aliphatic imine (C=N–C) groups is 1. The van der Waals surface area contributed by atoms with E-state index in [2.05, 4.69) is 10.3 Å². The van der Waals surface area contributed by atoms with Crippen LogP contribution in [0.4, 0.5) is 0 Å². The zero-order valence-electron chi connectivity index (χ0n) is 14.3. The highest BCUT2D eigenvalue weighted by molar-refractivity contribution is 7.12. The zero-order valence-corrected chi connectivity index (χ0v) is 15.8. The molecule has 0 spiro atoms. The maximum atomic E-state index is 12.4. The Balaban J connectivity index is 2.27. The van der Waals surface area contributed by atoms with Crippen LogP contribution in [0.3, 0.4) is 0 Å². The lowest BCUT2D eigenvalue weighted by Crippen LogP contribution is -2.28. The summed E-state index contributed by atoms with van der Waals surface area (Å²) in [5.41, 5.74) is -0.299. The van der Waals surface area contributed by atoms with Gasteiger partial charge in [0, 0.05) is 20.5 Å². The molecule has 8 heteroatoms. The van der Waals surface area contributed by atoms with Crippen LogP contribution >= 0.6 is 22.9 Å². The molecule has 6 nitrogen and oxygen atoms in total. The Bertz CT molecular complexity index is 729. The van der Waals surface area contributed by atoms with Crippen LogP contribution in [0.1, 0.15) is 36.9 Å². The highest BCUT2D eigenvalue weighted by Crippen LogP contribution is 2.25. The van der Waals surface area contributed by atoms with Crippen LogP contribution < -0.4 is 5.32 Å². The lowest BCUT2D eigenvalue weighted by Gasteiger charge is -2.20. The van der Waals surface area contributed by atoms with Crippen molar-refractivity contribution in [2.45, 2.75) is 32.8 Å². The van der Waals surface area contributed by atoms with E-state index < -0.39 is 17.5 Å². The van der Waals surface area contributed by atoms with Crippen molar-refractivity contribution in [2.75, 3.05) is 14.1 Å². The summed E-state index contributed by atoms with van der Waals surface area (Å²) in [7, 11) is 3.65. The maximum Gasteiger partial charge on any atom is 0.338 e. The van der Waals surface area contributed by atoms with Crippen LogP contribution in [-0.2, 0) is 9.53 Å². The monoisotopic (exact) mass is 369 g/mol. The molecule has 0 aromatic carbocycles. The van der Waals surface area contributed by atoms with Gasteiger partial charge in [0.2, 0.25) is 0 Å². The predicted octanol–water partition coefficient (Wildman–Crippen LogP) is 3.05. The van der Waals surface area contributed by atoms with Crippen molar-refractivity contribution >= 4 is 40.6 Å². The van der Waals surface area contributed by atoms with Crippen LogP contribution in [-0.4, -0.2) is 42.3 Å². The predicted molar refractivity (Wildman–Crippen MR) is 95.4 cm³/mol. The first kappa shape index (κ1) is 18.5. The topological polar surface area (TPSA) is 71.0 Å². The van der Waals surface area contributed by atoms with Gasteiger partial charge in [0.15, 0.2) is 0 Å². The minimum atomic E-state index is -0.628. The molecule has 24 heavy (non-hydrogen) atoms. The number of thiophene rings is 1. The van der Waals surface area contributed by atoms with E-state index >= 15 is 0 Å². The molecule has 130 valence electrons. The number of carbonyl (C=O) groups excluding carboxylic acids is 2. The lowest BCUT2D eigenvalue weighted by atomic mass is 10.1. The number of halogens is 1. The number of ether oxygens (including phenoxy) is 1. The van der Waals surface area contributed by atoms with Gasteiger partial charge in [-0.3, -0.25) is 4.79 Å². The molecule has 0 bridgehead atoms. The fourth-order valence-corrected chi connectivity index (χ4v) is 3.00. The Morgan fingerprint density at radius 2 is 2.04 bits per heavy atom. The molecule has 0 saturated heterocycles. The van der Waals surface area contributed by atoms with Crippen LogP contribution in [0.15, 0.2) is 27.8 Å². The summed E-state index contributed by atoms with van der Waals surface area (Å²) in [4.78, 5) is 31.3. The first-order valence-electron chi connectivity index (χ1n) is 7.34. The molecular weight excluding hydrogens is 350 g/mol. The number of amides is 1. The minimum Gasteiger partial charge on any atom is -0.456 e. The molecule has 0 unspecified atom stereocenters. The zero-order chi connectivity index (χ0) is 18.1. The summed E-state index contributed by atoms with van der Waals surface area (Å²) in [6.07, 6.45) is 0.301. The summed E-state index contributed by atoms with van der Waals surface area (Å²) in [6, 6.07) is 1.65. The van der Waals surface area contributed by atoms with Crippen molar-refractivity contribution < 1.29 is 14.3 Å². The molecule has 2 heterocycles. The molecule has 2 rings (SSSR count). The molecule has 0 radical (unpaired) electrons. The number of hydrogen-bond acceptors (Lipinski definition) is 6. The molecule has 0 aliphatic carbocycles. The van der Waals surface area contributed by atoms with Crippen LogP contribution in [0, 0.1) is 0 Å². The average molecular weight is 370 g/mol. The number of rotatable bonds is 3. The highest BCUT2D eigenvalue weighted by atomic mass is 35.5. The van der Waals surface area contributed by atoms with E-state index in [1.165, 1.54) is 11.3 Å². The van der Waals surface area contributed by atoms with Gasteiger partial charge in [-0.1, -0.05) is 11.6 Å². The third kappa shape index (κ3) is 4.36. The molecule has 0 saturated carbocycles. The van der Waals surface area contributed by atoms with E-state index in [0.29, 0.717) is 27.7 Å². The minimum absolute atomic E-state index is 0.211. The van der Waals surface area contributed by atoms with Gasteiger partial charge in [0.05, 0.1) is 10.6 Å². The van der Waals surface area contributed by atoms with Crippen molar-refractivity contribution in [1.29, 1.82) is 0 Å². The molecule has 1 aliphatic rings. The van der Waals surface area contributed by atoms with E-state index in [9.17, 15) is 9.59 Å². The number of nitrogens with one attached hydrogen (secondary N) is 1. The normalized spacial score (nSPS) is 14.5. The SMILES string of the molecule is CN(C)C1=NC(NC(=O)c2sccc2Cl)=C(C(=O)OC(C)(C)C)C1. The Kier molecular flexibility index (Phi) is 5.35. The van der Waals surface area contributed by atoms with Crippen LogP contribution in [0.25, 0.3) is 0 Å². The number of nitrogens with zero attached hydrogens (tertiary/aromatic N) is 2. The third-order valence-corrected chi connectivity index (χ3v) is 4.42. The van der Waals surface area contributed by atoms with Crippen molar-refractivity contribution in [1.82, 2.24) is 10.2 Å². The molecular formula is C16H20ClN3O3S. The number of hydrogen-bond donors (Lipinski definition) is 1. The second-order valence-corrected chi connectivity index (χ2v) is 7.80. The van der Waals surface area contributed by atoms with Gasteiger partial charge in [-0.25, -0.2) is 9.79 Å². The maximum absolute atomic E-state index is 12.4. The number of amidine groups is 1. The second kappa shape index (κ2) is 6.94. The van der Waals surface area contributed by atoms with Crippen LogP contribution in [0.5, 0.6) is 0 Å². The summed E-state index contributed by atoms with van der Waals surface area (Å²) >= 11 is 7.21. The molecule has 1 aromatic rings. The van der Waals surface area contributed by atoms with E-state index in [-0.39, 0.29) is 5.82 Å². The first-order chi connectivity index (χ1) is 11.1. The van der Waals surface area contributed by atoms with E-state index in [1.54, 1.807) is 37.1 Å². The van der Waals surface area contributed by atoms with Crippen molar-refractivity contribution in [3.05, 3.63) is 32.7 Å². The van der Waals surface area contributed by atoms with Crippen molar-refractivity contribution in [2.24, 2.45) is 4.99 Å². The van der Waals surface area contributed by atoms with E-state index in [4.69, 9.17) is 16.3 Å². The van der Waals surface area contributed by atoms with Gasteiger partial charge in [-0.2, -0.15) is 0 Å². The van der Waals surface area contributed by atoms with E-state index in [1.807, 2.05) is 14.1 Å². The van der Waals surface area contributed by atoms with Crippen LogP contribution in [0.2, 0.25) is 5.02 Å². The Labute approximate surface area is 150 Å². The molecule has 1 aromatic heterocycles. The van der Waals surface area contributed by atoms with Gasteiger partial charge in [0.25, 0.3) is 5.91 Å². The van der Waals surface area contributed by atoms with Gasteiger partial charge >= 0.3 is 5.97 Å². The smallest absolute Gasteiger partial charge is 0.338 e. The fraction of sp³-hybridized carbons (Fsp3) is 0.438. The largest absolute Gasteiger partial charge is 0.456 e. The van der Waals surface area contributed by atoms with Gasteiger partial charge in [-0.05, 0) is 32.2 Å². The van der Waals surface area contributed by atoms with Crippen molar-refractivity contribution in [3.8, 4) is 0 Å². The molecule has 0 fully saturated rings. The van der Waals surface area contributed by atoms with E-state index in [0.717, 1.165) is 0 Å². The Morgan fingerprint density at radius 3 is 2.54 bits per heavy atom. The fourth-order valence-electron chi connectivity index (χ4n) is 1.97. The van der Waals surface area contributed by atoms with Crippen molar-refractivity contribution in [3.63, 3.8) is 0 Å². The molecule has 1 amide bonds. The molecule has 1 N–H and O–H groups in total. The molecule has 1 aliphatic heterocycles. The van der Waals surface area contributed by atoms with Gasteiger partial charge in [0.1, 0.15) is 22.1 Å². The quantitative estimate of drug-likeness (QED) is 0.831. The Hall–Kier alpha value is -1.86. The first-order valence-corrected chi connectivity index (χ1v) is 8.60. The summed E-state index contributed by atoms with van der Waals surface area (Å²) in [5, 5.41) is 4.77. The standard InChI is InChI=1S/C16H20ClN3O3S/c1-16(2,3)23-15(22)9-8-11(20(4)5)18-13(9)19-14(21)12-10(17)6-7-24-12/h6-7H,8H2,1-5H3,(H,19,21). The van der Waals surface area contributed by atoms with Gasteiger partial charge < -0.3 is 15.0 Å². The highest BCUT2D eigenvalue weighted by Gasteiger charge is 2.30. The number of carbonyl (C=O) groups is 2. The lowest BCUT2D eigenvalue weighted by molar-refractivity contribution is -0.149. The summed E-state index contributed by atoms with van der Waals surface area (Å²) in [5.74, 6) is -0.00339. The summed E-state index contributed by atoms with van der Waals surface area (Å²) < 4.78 is 5.41.